The fraction of sp³-hybridized carbons (Fsp3) is 0.545. The first-order valence-electron chi connectivity index (χ1n) is 5.40. The van der Waals surface area contributed by atoms with Crippen LogP contribution in [0.4, 0.5) is 5.82 Å². The summed E-state index contributed by atoms with van der Waals surface area (Å²) >= 11 is 3.45. The van der Waals surface area contributed by atoms with Crippen molar-refractivity contribution in [3.05, 3.63) is 22.3 Å². The van der Waals surface area contributed by atoms with Gasteiger partial charge < -0.3 is 10.2 Å². The van der Waals surface area contributed by atoms with Crippen LogP contribution >= 0.6 is 15.9 Å². The zero-order valence-electron chi connectivity index (χ0n) is 8.70. The number of aromatic nitrogens is 1. The quantitative estimate of drug-likeness (QED) is 0.724. The normalized spacial score (nSPS) is 28.8. The van der Waals surface area contributed by atoms with Crippen molar-refractivity contribution in [2.75, 3.05) is 18.0 Å². The van der Waals surface area contributed by atoms with E-state index in [1.54, 1.807) is 0 Å². The van der Waals surface area contributed by atoms with Crippen LogP contribution in [0.2, 0.25) is 0 Å². The van der Waals surface area contributed by atoms with E-state index in [0.717, 1.165) is 24.1 Å². The molecule has 1 saturated heterocycles. The van der Waals surface area contributed by atoms with Crippen molar-refractivity contribution in [2.24, 2.45) is 0 Å². The van der Waals surface area contributed by atoms with Gasteiger partial charge in [0.05, 0.1) is 0 Å². The zero-order valence-corrected chi connectivity index (χ0v) is 10.3. The Morgan fingerprint density at radius 1 is 1.47 bits per heavy atom. The summed E-state index contributed by atoms with van der Waals surface area (Å²) in [5.41, 5.74) is 1.39. The number of piperazine rings is 1. The number of hydrogen-bond acceptors (Lipinski definition) is 3. The number of anilines is 1. The average molecular weight is 268 g/mol. The smallest absolute Gasteiger partial charge is 0.133 e. The van der Waals surface area contributed by atoms with Crippen molar-refractivity contribution in [1.82, 2.24) is 10.3 Å². The van der Waals surface area contributed by atoms with Gasteiger partial charge in [0.1, 0.15) is 10.4 Å². The predicted octanol–water partition coefficient (Wildman–Crippen LogP) is 1.57. The summed E-state index contributed by atoms with van der Waals surface area (Å²) in [6.45, 7) is 4.40. The molecule has 0 aliphatic carbocycles. The third-order valence-electron chi connectivity index (χ3n) is 3.31. The molecule has 1 unspecified atom stereocenters. The molecule has 0 aromatic carbocycles. The van der Waals surface area contributed by atoms with Crippen LogP contribution in [0.1, 0.15) is 12.5 Å². The molecule has 0 amide bonds. The lowest BCUT2D eigenvalue weighted by atomic mass is 10.1. The molecule has 1 aromatic heterocycles. The molecular weight excluding hydrogens is 254 g/mol. The minimum Gasteiger partial charge on any atom is -0.348 e. The van der Waals surface area contributed by atoms with Crippen LogP contribution in [0.5, 0.6) is 0 Å². The van der Waals surface area contributed by atoms with E-state index >= 15 is 0 Å². The largest absolute Gasteiger partial charge is 0.348 e. The molecule has 3 nitrogen and oxygen atoms in total. The Bertz CT molecular complexity index is 393. The molecule has 1 N–H and O–H groups in total. The molecule has 15 heavy (non-hydrogen) atoms. The topological polar surface area (TPSA) is 28.2 Å². The second kappa shape index (κ2) is 3.46. The Labute approximate surface area is 98.0 Å². The van der Waals surface area contributed by atoms with Crippen molar-refractivity contribution in [1.29, 1.82) is 0 Å². The first kappa shape index (κ1) is 9.60. The summed E-state index contributed by atoms with van der Waals surface area (Å²) in [4.78, 5) is 7.07. The van der Waals surface area contributed by atoms with Gasteiger partial charge in [0.25, 0.3) is 0 Å². The maximum absolute atomic E-state index is 4.60. The van der Waals surface area contributed by atoms with Gasteiger partial charge in [-0.2, -0.15) is 0 Å². The van der Waals surface area contributed by atoms with Gasteiger partial charge in [-0.05, 0) is 40.9 Å². The number of halogens is 1. The number of hydrogen-bond donors (Lipinski definition) is 1. The van der Waals surface area contributed by atoms with E-state index in [2.05, 4.69) is 44.1 Å². The summed E-state index contributed by atoms with van der Waals surface area (Å²) in [6, 6.07) is 5.38. The van der Waals surface area contributed by atoms with Crippen molar-refractivity contribution < 1.29 is 0 Å². The van der Waals surface area contributed by atoms with E-state index < -0.39 is 0 Å². The summed E-state index contributed by atoms with van der Waals surface area (Å²) < 4.78 is 0.938. The minimum absolute atomic E-state index is 0.548. The number of fused-ring (bicyclic) bond motifs is 3. The van der Waals surface area contributed by atoms with Crippen LogP contribution in [0, 0.1) is 0 Å². The lowest BCUT2D eigenvalue weighted by Crippen LogP contribution is -2.55. The molecule has 80 valence electrons. The van der Waals surface area contributed by atoms with E-state index in [1.807, 2.05) is 6.07 Å². The molecule has 0 spiro atoms. The van der Waals surface area contributed by atoms with Crippen LogP contribution in [0.15, 0.2) is 16.7 Å². The molecule has 0 saturated carbocycles. The highest BCUT2D eigenvalue weighted by Crippen LogP contribution is 2.34. The van der Waals surface area contributed by atoms with Gasteiger partial charge in [-0.25, -0.2) is 4.98 Å². The minimum atomic E-state index is 0.548. The van der Waals surface area contributed by atoms with E-state index in [1.165, 1.54) is 11.4 Å². The first-order chi connectivity index (χ1) is 7.25. The van der Waals surface area contributed by atoms with Gasteiger partial charge in [0.15, 0.2) is 0 Å². The van der Waals surface area contributed by atoms with Crippen LogP contribution in [-0.4, -0.2) is 30.2 Å². The van der Waals surface area contributed by atoms with Gasteiger partial charge >= 0.3 is 0 Å². The average Bonchev–Trinajstić information content (AvgIpc) is 2.57. The van der Waals surface area contributed by atoms with Gasteiger partial charge in [0.2, 0.25) is 0 Å². The Morgan fingerprint density at radius 2 is 2.33 bits per heavy atom. The van der Waals surface area contributed by atoms with Crippen molar-refractivity contribution in [3.63, 3.8) is 0 Å². The Hall–Kier alpha value is -0.610. The molecule has 4 heteroatoms. The predicted molar refractivity (Wildman–Crippen MR) is 64.2 cm³/mol. The first-order valence-corrected chi connectivity index (χ1v) is 6.19. The van der Waals surface area contributed by atoms with Gasteiger partial charge in [0, 0.05) is 25.2 Å². The van der Waals surface area contributed by atoms with E-state index in [4.69, 9.17) is 0 Å². The van der Waals surface area contributed by atoms with Crippen LogP contribution in [-0.2, 0) is 6.42 Å². The Morgan fingerprint density at radius 3 is 3.20 bits per heavy atom. The highest BCUT2D eigenvalue weighted by Gasteiger charge is 2.35. The fourth-order valence-electron chi connectivity index (χ4n) is 2.66. The molecule has 2 aliphatic rings. The lowest BCUT2D eigenvalue weighted by Gasteiger charge is -2.37. The zero-order chi connectivity index (χ0) is 10.4. The highest BCUT2D eigenvalue weighted by atomic mass is 79.9. The molecule has 1 fully saturated rings. The highest BCUT2D eigenvalue weighted by molar-refractivity contribution is 9.10. The van der Waals surface area contributed by atoms with Crippen LogP contribution in [0.25, 0.3) is 0 Å². The maximum atomic E-state index is 4.60. The third kappa shape index (κ3) is 1.47. The number of nitrogens with zero attached hydrogens (tertiary/aromatic N) is 2. The monoisotopic (exact) mass is 267 g/mol. The third-order valence-corrected chi connectivity index (χ3v) is 3.75. The second-order valence-electron chi connectivity index (χ2n) is 4.39. The van der Waals surface area contributed by atoms with Crippen molar-refractivity contribution in [2.45, 2.75) is 25.4 Å². The van der Waals surface area contributed by atoms with Crippen LogP contribution < -0.4 is 10.2 Å². The van der Waals surface area contributed by atoms with E-state index in [9.17, 15) is 0 Å². The molecule has 2 atom stereocenters. The standard InChI is InChI=1S/C11H14BrN3/c1-7-5-13-6-9-4-8-2-3-10(12)14-11(8)15(7)9/h2-3,7,9,13H,4-6H2,1H3/t7-,9?/m1/s1. The fourth-order valence-corrected chi connectivity index (χ4v) is 2.96. The van der Waals surface area contributed by atoms with Crippen molar-refractivity contribution >= 4 is 21.7 Å². The molecule has 1 aromatic rings. The summed E-state index contributed by atoms with van der Waals surface area (Å²) in [6.07, 6.45) is 1.13. The van der Waals surface area contributed by atoms with Gasteiger partial charge in [-0.3, -0.25) is 0 Å². The number of rotatable bonds is 0. The van der Waals surface area contributed by atoms with Gasteiger partial charge in [-0.15, -0.1) is 0 Å². The van der Waals surface area contributed by atoms with Crippen molar-refractivity contribution in [3.8, 4) is 0 Å². The van der Waals surface area contributed by atoms with Crippen LogP contribution in [0.3, 0.4) is 0 Å². The van der Waals surface area contributed by atoms with Gasteiger partial charge in [-0.1, -0.05) is 6.07 Å². The van der Waals surface area contributed by atoms with E-state index in [0.29, 0.717) is 12.1 Å². The molecule has 2 aliphatic heterocycles. The number of nitrogens with one attached hydrogen (secondary N) is 1. The number of pyridine rings is 1. The molecule has 3 heterocycles. The maximum Gasteiger partial charge on any atom is 0.133 e. The SMILES string of the molecule is C[C@@H]1CNCC2Cc3ccc(Br)nc3N21. The molecule has 0 radical (unpaired) electrons. The Kier molecular flexibility index (Phi) is 2.21. The summed E-state index contributed by atoms with van der Waals surface area (Å²) in [5, 5.41) is 3.47. The summed E-state index contributed by atoms with van der Waals surface area (Å²) in [7, 11) is 0. The molecule has 0 bridgehead atoms. The lowest BCUT2D eigenvalue weighted by molar-refractivity contribution is 0.427. The summed E-state index contributed by atoms with van der Waals surface area (Å²) in [5.74, 6) is 1.18. The molecular formula is C11H14BrN3. The second-order valence-corrected chi connectivity index (χ2v) is 5.20. The Balaban J connectivity index is 2.04. The van der Waals surface area contributed by atoms with E-state index in [-0.39, 0.29) is 0 Å². The molecule has 3 rings (SSSR count).